The number of rotatable bonds is 6. The first-order valence-electron chi connectivity index (χ1n) is 11.4. The number of anilines is 1. The van der Waals surface area contributed by atoms with Crippen LogP contribution < -0.4 is 9.62 Å². The monoisotopic (exact) mass is 540 g/mol. The minimum atomic E-state index is -3.87. The summed E-state index contributed by atoms with van der Waals surface area (Å²) in [6.07, 6.45) is 0.228. The van der Waals surface area contributed by atoms with E-state index in [-0.39, 0.29) is 15.9 Å². The number of carbonyl (C=O) groups excluding carboxylic acids is 1. The van der Waals surface area contributed by atoms with E-state index in [1.165, 1.54) is 17.2 Å². The van der Waals surface area contributed by atoms with Crippen molar-refractivity contribution in [3.05, 3.63) is 23.3 Å². The van der Waals surface area contributed by atoms with Gasteiger partial charge in [-0.3, -0.25) is 0 Å². The molecule has 1 saturated heterocycles. The molecule has 2 fully saturated rings. The van der Waals surface area contributed by atoms with Crippen LogP contribution in [-0.4, -0.2) is 89.9 Å². The van der Waals surface area contributed by atoms with E-state index in [2.05, 4.69) is 20.0 Å². The predicted octanol–water partition coefficient (Wildman–Crippen LogP) is 2.42. The third-order valence-corrected chi connectivity index (χ3v) is 8.96. The van der Waals surface area contributed by atoms with E-state index in [4.69, 9.17) is 0 Å². The Labute approximate surface area is 210 Å². The van der Waals surface area contributed by atoms with Crippen LogP contribution in [0.2, 0.25) is 0 Å². The Kier molecular flexibility index (Phi) is 6.11. The van der Waals surface area contributed by atoms with Gasteiger partial charge in [-0.25, -0.2) is 31.2 Å². The number of fused-ring (bicyclic) bond motifs is 1. The predicted molar refractivity (Wildman–Crippen MR) is 130 cm³/mol. The molecule has 0 radical (unpaired) electrons. The van der Waals surface area contributed by atoms with Crippen molar-refractivity contribution in [2.24, 2.45) is 0 Å². The highest BCUT2D eigenvalue weighted by Gasteiger charge is 2.41. The van der Waals surface area contributed by atoms with E-state index in [0.29, 0.717) is 43.1 Å². The molecule has 0 atom stereocenters. The zero-order valence-electron chi connectivity index (χ0n) is 20.0. The molecule has 0 unspecified atom stereocenters. The number of urea groups is 1. The van der Waals surface area contributed by atoms with Gasteiger partial charge in [0.05, 0.1) is 22.2 Å². The van der Waals surface area contributed by atoms with Crippen LogP contribution in [0.4, 0.5) is 19.4 Å². The lowest BCUT2D eigenvalue weighted by atomic mass is 10.2. The van der Waals surface area contributed by atoms with E-state index in [9.17, 15) is 22.0 Å². The Morgan fingerprint density at radius 3 is 2.44 bits per heavy atom. The van der Waals surface area contributed by atoms with Crippen LogP contribution in [0, 0.1) is 0 Å². The number of amides is 2. The summed E-state index contributed by atoms with van der Waals surface area (Å²) < 4.78 is 57.2. The number of nitrogens with one attached hydrogen (secondary N) is 1. The van der Waals surface area contributed by atoms with Crippen molar-refractivity contribution in [1.82, 2.24) is 34.3 Å². The number of carbonyl (C=O) groups is 1. The number of pyridine rings is 1. The molecule has 194 valence electrons. The molecule has 11 nitrogen and oxygen atoms in total. The van der Waals surface area contributed by atoms with E-state index >= 15 is 0 Å². The SMILES string of the molecule is CN(C)C(=O)N1CCN(c2cc(S(=O)(=O)NC3(C)CC3)cc3c(-c4nnc(C(F)F)s4)cnn23)CC1. The summed E-state index contributed by atoms with van der Waals surface area (Å²) >= 11 is 0.741. The number of hydrogen-bond donors (Lipinski definition) is 1. The summed E-state index contributed by atoms with van der Waals surface area (Å²) in [5.74, 6) is 0.524. The summed E-state index contributed by atoms with van der Waals surface area (Å²) in [4.78, 5) is 17.6. The molecule has 3 aromatic heterocycles. The molecule has 5 rings (SSSR count). The van der Waals surface area contributed by atoms with Crippen molar-refractivity contribution < 1.29 is 22.0 Å². The second-order valence-electron chi connectivity index (χ2n) is 9.47. The lowest BCUT2D eigenvalue weighted by Crippen LogP contribution is -2.52. The van der Waals surface area contributed by atoms with Gasteiger partial charge >= 0.3 is 6.03 Å². The number of halogens is 2. The molecule has 0 bridgehead atoms. The normalized spacial score (nSPS) is 17.7. The minimum Gasteiger partial charge on any atom is -0.353 e. The van der Waals surface area contributed by atoms with E-state index in [1.54, 1.807) is 29.6 Å². The summed E-state index contributed by atoms with van der Waals surface area (Å²) in [7, 11) is -0.485. The van der Waals surface area contributed by atoms with Gasteiger partial charge < -0.3 is 14.7 Å². The summed E-state index contributed by atoms with van der Waals surface area (Å²) in [5.41, 5.74) is 0.354. The highest BCUT2D eigenvalue weighted by Crippen LogP contribution is 2.38. The van der Waals surface area contributed by atoms with Gasteiger partial charge in [-0.1, -0.05) is 11.3 Å². The van der Waals surface area contributed by atoms with Gasteiger partial charge in [-0.15, -0.1) is 10.2 Å². The maximum atomic E-state index is 13.3. The molecule has 1 aliphatic heterocycles. The Balaban J connectivity index is 1.57. The fraction of sp³-hybridized carbons (Fsp3) is 0.524. The van der Waals surface area contributed by atoms with Gasteiger partial charge in [-0.05, 0) is 25.8 Å². The first kappa shape index (κ1) is 24.8. The second-order valence-corrected chi connectivity index (χ2v) is 12.2. The van der Waals surface area contributed by atoms with Crippen LogP contribution >= 0.6 is 11.3 Å². The maximum absolute atomic E-state index is 13.3. The molecule has 1 saturated carbocycles. The van der Waals surface area contributed by atoms with E-state index in [1.807, 2.05) is 11.8 Å². The standard InChI is InChI=1S/C21H26F2N8O3S2/c1-21(4-5-21)27-36(33,34)13-10-15-14(18-25-26-19(35-18)17(22)23)12-24-31(15)16(11-13)29-6-8-30(9-7-29)20(32)28(2)3/h10-12,17,27H,4-9H2,1-3H3. The van der Waals surface area contributed by atoms with E-state index < -0.39 is 27.0 Å². The lowest BCUT2D eigenvalue weighted by Gasteiger charge is -2.37. The Hall–Kier alpha value is -2.91. The van der Waals surface area contributed by atoms with Gasteiger partial charge in [0.2, 0.25) is 10.0 Å². The maximum Gasteiger partial charge on any atom is 0.319 e. The molecule has 1 N–H and O–H groups in total. The number of piperazine rings is 1. The Bertz CT molecular complexity index is 1410. The number of aromatic nitrogens is 4. The van der Waals surface area contributed by atoms with Crippen LogP contribution in [0.5, 0.6) is 0 Å². The van der Waals surface area contributed by atoms with Crippen molar-refractivity contribution >= 4 is 38.7 Å². The average molecular weight is 541 g/mol. The molecule has 3 aromatic rings. The summed E-state index contributed by atoms with van der Waals surface area (Å²) in [5, 5.41) is 11.7. The molecule has 2 aliphatic rings. The quantitative estimate of drug-likeness (QED) is 0.511. The first-order chi connectivity index (χ1) is 17.0. The van der Waals surface area contributed by atoms with Gasteiger partial charge in [0, 0.05) is 51.9 Å². The number of hydrogen-bond acceptors (Lipinski definition) is 8. The number of alkyl halides is 2. The minimum absolute atomic E-state index is 0.0465. The molecule has 1 aliphatic carbocycles. The van der Waals surface area contributed by atoms with Crippen LogP contribution in [0.3, 0.4) is 0 Å². The van der Waals surface area contributed by atoms with Crippen molar-refractivity contribution in [3.8, 4) is 10.6 Å². The largest absolute Gasteiger partial charge is 0.353 e. The van der Waals surface area contributed by atoms with Gasteiger partial charge in [0.15, 0.2) is 10.0 Å². The third kappa shape index (κ3) is 4.62. The fourth-order valence-corrected chi connectivity index (χ4v) is 6.32. The molecule has 2 amide bonds. The van der Waals surface area contributed by atoms with Crippen molar-refractivity contribution in [2.75, 3.05) is 45.2 Å². The summed E-state index contributed by atoms with van der Waals surface area (Å²) in [6.45, 7) is 3.68. The topological polar surface area (TPSA) is 116 Å². The first-order valence-corrected chi connectivity index (χ1v) is 13.7. The van der Waals surface area contributed by atoms with Gasteiger partial charge in [0.1, 0.15) is 5.82 Å². The van der Waals surface area contributed by atoms with Gasteiger partial charge in [-0.2, -0.15) is 5.10 Å². The zero-order valence-corrected chi connectivity index (χ0v) is 21.6. The fourth-order valence-electron chi connectivity index (χ4n) is 4.10. The van der Waals surface area contributed by atoms with Crippen LogP contribution in [-0.2, 0) is 10.0 Å². The molecule has 0 aromatic carbocycles. The molecule has 36 heavy (non-hydrogen) atoms. The Morgan fingerprint density at radius 2 is 1.86 bits per heavy atom. The Morgan fingerprint density at radius 1 is 1.17 bits per heavy atom. The van der Waals surface area contributed by atoms with Crippen LogP contribution in [0.15, 0.2) is 23.2 Å². The molecule has 4 heterocycles. The highest BCUT2D eigenvalue weighted by molar-refractivity contribution is 7.89. The molecular weight excluding hydrogens is 514 g/mol. The third-order valence-electron chi connectivity index (χ3n) is 6.38. The molecule has 0 spiro atoms. The van der Waals surface area contributed by atoms with Gasteiger partial charge in [0.25, 0.3) is 6.43 Å². The zero-order chi connectivity index (χ0) is 25.8. The van der Waals surface area contributed by atoms with E-state index in [0.717, 1.165) is 24.2 Å². The van der Waals surface area contributed by atoms with Crippen LogP contribution in [0.1, 0.15) is 31.2 Å². The van der Waals surface area contributed by atoms with Crippen LogP contribution in [0.25, 0.3) is 16.1 Å². The molecule has 15 heteroatoms. The molecular formula is C21H26F2N8O3S2. The highest BCUT2D eigenvalue weighted by atomic mass is 32.2. The number of nitrogens with zero attached hydrogens (tertiary/aromatic N) is 7. The smallest absolute Gasteiger partial charge is 0.319 e. The lowest BCUT2D eigenvalue weighted by molar-refractivity contribution is 0.150. The van der Waals surface area contributed by atoms with Crippen molar-refractivity contribution in [1.29, 1.82) is 0 Å². The van der Waals surface area contributed by atoms with Crippen molar-refractivity contribution in [3.63, 3.8) is 0 Å². The second kappa shape index (κ2) is 8.88. The number of sulfonamides is 1. The van der Waals surface area contributed by atoms with Crippen molar-refractivity contribution in [2.45, 2.75) is 36.6 Å². The average Bonchev–Trinajstić information content (AvgIpc) is 3.22. The summed E-state index contributed by atoms with van der Waals surface area (Å²) in [6, 6.07) is 2.95.